The Kier molecular flexibility index (Phi) is 26.1. The number of nitrogens with one attached hydrogen (secondary N) is 2. The monoisotopic (exact) mass is 1240 g/mol. The Morgan fingerprint density at radius 2 is 0.575 bits per heavy atom. The Bertz CT molecular complexity index is 3510. The maximum Gasteiger partial charge on any atom is 0.119 e. The normalized spacial score (nSPS) is 12.1. The van der Waals surface area contributed by atoms with Crippen LogP contribution in [-0.4, -0.2) is 143 Å². The van der Waals surface area contributed by atoms with E-state index in [1.807, 2.05) is 0 Å². The minimum Gasteiger partial charge on any atom is -1.00 e. The molecule has 7 aromatic rings. The number of hydrogen-bond acceptors (Lipinski definition) is 6. The van der Waals surface area contributed by atoms with Crippen molar-refractivity contribution in [3.63, 3.8) is 0 Å². The van der Waals surface area contributed by atoms with E-state index in [4.69, 9.17) is 28.9 Å². The highest BCUT2D eigenvalue weighted by Gasteiger charge is 2.21. The molecule has 0 spiro atoms. The molecule has 466 valence electrons. The first kappa shape index (κ1) is 69.5. The topological polar surface area (TPSA) is 94.3 Å². The largest absolute Gasteiger partial charge is 1.00 e. The van der Waals surface area contributed by atoms with Gasteiger partial charge in [-0.1, -0.05) is 107 Å². The number of aromatic amines is 2. The van der Waals surface area contributed by atoms with Gasteiger partial charge in [0.15, 0.2) is 0 Å². The van der Waals surface area contributed by atoms with Crippen molar-refractivity contribution in [1.29, 1.82) is 0 Å². The molecule has 0 aliphatic carbocycles. The second kappa shape index (κ2) is 32.6. The number of aromatic nitrogens is 4. The third kappa shape index (κ3) is 20.2. The summed E-state index contributed by atoms with van der Waals surface area (Å²) in [6, 6.07) is 42.6. The summed E-state index contributed by atoms with van der Waals surface area (Å²) >= 11 is 0. The van der Waals surface area contributed by atoms with Gasteiger partial charge >= 0.3 is 0 Å². The van der Waals surface area contributed by atoms with E-state index < -0.39 is 0 Å². The van der Waals surface area contributed by atoms with Crippen LogP contribution in [0, 0.1) is 0 Å². The standard InChI is InChI=1S/C73H94N7O4.3ClH/c1-11-12-13-14-15-16-17-18-19-46-81-58-31-20-27-54(50-58)70-62-35-37-64(74-62)71(55-28-21-32-59(51-55)82-47-24-43-78(2,3)4)66-39-41-68(76-66)73(57-30-23-34-61(53-57)84-49-26-45-80(8,9)10)69-42-40-67(77-69)72(65-38-36-63(70)75-65)56-29-22-33-60(52-56)83-48-25-44-79(5,6)7;;;/h20-23,27-42,50-53,74,77H,11-19,24-26,43-49H2,1-10H3;3*1H/q+3;;;/p-3. The molecule has 0 amide bonds. The number of hydrogen-bond donors (Lipinski definition) is 2. The lowest BCUT2D eigenvalue weighted by Gasteiger charge is -2.23. The van der Waals surface area contributed by atoms with Gasteiger partial charge in [0.2, 0.25) is 0 Å². The van der Waals surface area contributed by atoms with Gasteiger partial charge in [0.25, 0.3) is 0 Å². The predicted molar refractivity (Wildman–Crippen MR) is 352 cm³/mol. The maximum atomic E-state index is 6.55. The van der Waals surface area contributed by atoms with Gasteiger partial charge in [-0.2, -0.15) is 0 Å². The molecule has 2 aliphatic heterocycles. The van der Waals surface area contributed by atoms with Crippen molar-refractivity contribution < 1.29 is 69.6 Å². The van der Waals surface area contributed by atoms with Gasteiger partial charge in [-0.25, -0.2) is 9.97 Å². The van der Waals surface area contributed by atoms with Crippen LogP contribution in [0.25, 0.3) is 90.9 Å². The Balaban J connectivity index is 0.00000403. The molecule has 87 heavy (non-hydrogen) atoms. The number of fused-ring (bicyclic) bond motifs is 8. The fourth-order valence-corrected chi connectivity index (χ4v) is 11.2. The van der Waals surface area contributed by atoms with Gasteiger partial charge in [0, 0.05) is 63.6 Å². The highest BCUT2D eigenvalue weighted by molar-refractivity contribution is 6.00. The summed E-state index contributed by atoms with van der Waals surface area (Å²) in [5.74, 6) is 3.30. The van der Waals surface area contributed by atoms with E-state index in [1.165, 1.54) is 51.4 Å². The molecule has 8 bridgehead atoms. The molecule has 0 radical (unpaired) electrons. The lowest BCUT2D eigenvalue weighted by Crippen LogP contribution is -3.00. The zero-order chi connectivity index (χ0) is 59.1. The lowest BCUT2D eigenvalue weighted by atomic mass is 10.0. The molecule has 3 aromatic heterocycles. The van der Waals surface area contributed by atoms with E-state index in [2.05, 4.69) is 226 Å². The summed E-state index contributed by atoms with van der Waals surface area (Å²) in [6.07, 6.45) is 22.9. The molecular formula is C73H94Cl3N7O4. The van der Waals surface area contributed by atoms with E-state index in [-0.39, 0.29) is 37.2 Å². The second-order valence-corrected chi connectivity index (χ2v) is 25.9. The smallest absolute Gasteiger partial charge is 0.119 e. The van der Waals surface area contributed by atoms with Crippen LogP contribution in [0.2, 0.25) is 0 Å². The average molecular weight is 1240 g/mol. The van der Waals surface area contributed by atoms with Crippen molar-refractivity contribution >= 4 is 46.4 Å². The fraction of sp³-hybridized carbons (Fsp3) is 0.397. The molecule has 14 heteroatoms. The molecule has 9 rings (SSSR count). The van der Waals surface area contributed by atoms with E-state index in [0.717, 1.165) is 171 Å². The van der Waals surface area contributed by atoms with Crippen LogP contribution >= 0.6 is 0 Å². The van der Waals surface area contributed by atoms with Crippen molar-refractivity contribution in [3.05, 3.63) is 144 Å². The number of nitrogens with zero attached hydrogens (tertiary/aromatic N) is 5. The summed E-state index contributed by atoms with van der Waals surface area (Å²) in [6.45, 7) is 7.87. The van der Waals surface area contributed by atoms with Gasteiger partial charge < -0.3 is 79.6 Å². The molecule has 2 N–H and O–H groups in total. The SMILES string of the molecule is CCCCCCCCCCCOc1cccc(-c2c3nc(c(-c4cccc(OCCC[N+](C)(C)C)c4)c4ccc([nH]4)c(-c4cccc(OCCC[N+](C)(C)C)c4)c4nc(c(-c5cccc(OCCC[N+](C)(C)C)c5)c5ccc2[nH]5)C=C4)C=C3)c1.[Cl-].[Cl-].[Cl-]. The minimum absolute atomic E-state index is 0. The van der Waals surface area contributed by atoms with Crippen LogP contribution in [0.1, 0.15) is 107 Å². The van der Waals surface area contributed by atoms with Crippen LogP contribution in [0.15, 0.2) is 121 Å². The van der Waals surface area contributed by atoms with Crippen LogP contribution in [0.3, 0.4) is 0 Å². The highest BCUT2D eigenvalue weighted by atomic mass is 35.5. The molecule has 2 aliphatic rings. The number of benzene rings is 4. The number of unbranched alkanes of at least 4 members (excludes halogenated alkanes) is 8. The van der Waals surface area contributed by atoms with Crippen molar-refractivity contribution in [2.24, 2.45) is 0 Å². The lowest BCUT2D eigenvalue weighted by molar-refractivity contribution is -0.870. The third-order valence-electron chi connectivity index (χ3n) is 15.5. The zero-order valence-corrected chi connectivity index (χ0v) is 55.6. The highest BCUT2D eigenvalue weighted by Crippen LogP contribution is 2.40. The van der Waals surface area contributed by atoms with Crippen LogP contribution in [0.5, 0.6) is 23.0 Å². The molecule has 5 heterocycles. The van der Waals surface area contributed by atoms with Crippen molar-refractivity contribution in [2.75, 3.05) is 109 Å². The van der Waals surface area contributed by atoms with Crippen molar-refractivity contribution in [1.82, 2.24) is 19.9 Å². The quantitative estimate of drug-likeness (QED) is 0.0355. The molecule has 0 fully saturated rings. The van der Waals surface area contributed by atoms with E-state index >= 15 is 0 Å². The van der Waals surface area contributed by atoms with Crippen LogP contribution in [0.4, 0.5) is 0 Å². The van der Waals surface area contributed by atoms with Crippen LogP contribution in [-0.2, 0) is 0 Å². The number of quaternary nitrogens is 3. The maximum absolute atomic E-state index is 6.55. The summed E-state index contributed by atoms with van der Waals surface area (Å²) in [5.41, 5.74) is 14.8. The van der Waals surface area contributed by atoms with Gasteiger partial charge in [0.1, 0.15) is 23.0 Å². The number of ether oxygens (including phenoxy) is 4. The van der Waals surface area contributed by atoms with E-state index in [1.54, 1.807) is 0 Å². The molecule has 0 saturated heterocycles. The predicted octanol–water partition coefficient (Wildman–Crippen LogP) is 7.67. The first-order chi connectivity index (χ1) is 40.5. The number of rotatable bonds is 30. The molecule has 0 atom stereocenters. The Morgan fingerprint density at radius 3 is 0.839 bits per heavy atom. The zero-order valence-electron chi connectivity index (χ0n) is 53.3. The Hall–Kier alpha value is -6.57. The molecule has 4 aromatic carbocycles. The molecule has 0 unspecified atom stereocenters. The summed E-state index contributed by atoms with van der Waals surface area (Å²) < 4.78 is 28.7. The molecule has 0 saturated carbocycles. The van der Waals surface area contributed by atoms with Gasteiger partial charge in [-0.05, 0) is 126 Å². The minimum atomic E-state index is 0. The van der Waals surface area contributed by atoms with Gasteiger partial charge in [-0.15, -0.1) is 0 Å². The van der Waals surface area contributed by atoms with E-state index in [0.29, 0.717) is 26.4 Å². The summed E-state index contributed by atoms with van der Waals surface area (Å²) in [7, 11) is 20.0. The third-order valence-corrected chi connectivity index (χ3v) is 15.5. The van der Waals surface area contributed by atoms with Crippen molar-refractivity contribution in [3.8, 4) is 67.5 Å². The summed E-state index contributed by atoms with van der Waals surface area (Å²) in [4.78, 5) is 19.2. The molecular weight excluding hydrogens is 1150 g/mol. The van der Waals surface area contributed by atoms with Gasteiger partial charge in [-0.3, -0.25) is 0 Å². The first-order valence-corrected chi connectivity index (χ1v) is 31.0. The Morgan fingerprint density at radius 1 is 0.322 bits per heavy atom. The van der Waals surface area contributed by atoms with E-state index in [9.17, 15) is 0 Å². The van der Waals surface area contributed by atoms with Crippen molar-refractivity contribution in [2.45, 2.75) is 84.0 Å². The average Bonchev–Trinajstić information content (AvgIpc) is 1.72. The molecule has 11 nitrogen and oxygen atoms in total. The van der Waals surface area contributed by atoms with Crippen LogP contribution < -0.4 is 56.2 Å². The fourth-order valence-electron chi connectivity index (χ4n) is 11.2. The number of halogens is 3. The summed E-state index contributed by atoms with van der Waals surface area (Å²) in [5, 5.41) is 0. The first-order valence-electron chi connectivity index (χ1n) is 31.0. The second-order valence-electron chi connectivity index (χ2n) is 25.9. The van der Waals surface area contributed by atoms with Gasteiger partial charge in [0.05, 0.1) is 132 Å². The Labute approximate surface area is 537 Å². The number of H-pyrrole nitrogens is 2.